The van der Waals surface area contributed by atoms with Crippen LogP contribution in [0.2, 0.25) is 0 Å². The van der Waals surface area contributed by atoms with Gasteiger partial charge in [-0.1, -0.05) is 47.6 Å². The van der Waals surface area contributed by atoms with Crippen molar-refractivity contribution >= 4 is 47.0 Å². The minimum Gasteiger partial charge on any atom is -0.481 e. The van der Waals surface area contributed by atoms with E-state index in [0.29, 0.717) is 63.5 Å². The average Bonchev–Trinajstić information content (AvgIpc) is 3.16. The fraction of sp³-hybridized carbons (Fsp3) is 0.684. The van der Waals surface area contributed by atoms with Crippen LogP contribution in [0.5, 0.6) is 5.75 Å². The van der Waals surface area contributed by atoms with Crippen molar-refractivity contribution < 1.29 is 67.1 Å². The number of benzene rings is 1. The van der Waals surface area contributed by atoms with Gasteiger partial charge >= 0.3 is 11.9 Å². The molecule has 5 atom stereocenters. The van der Waals surface area contributed by atoms with Crippen LogP contribution in [0.3, 0.4) is 0 Å². The van der Waals surface area contributed by atoms with Gasteiger partial charge in [0.1, 0.15) is 30.8 Å². The van der Waals surface area contributed by atoms with Gasteiger partial charge in [-0.2, -0.15) is 0 Å². The Hall–Kier alpha value is -3.97. The highest BCUT2D eigenvalue weighted by atomic mass is 32.2. The van der Waals surface area contributed by atoms with Gasteiger partial charge in [0, 0.05) is 59.2 Å². The number of aliphatic hydroxyl groups is 2. The van der Waals surface area contributed by atoms with Crippen molar-refractivity contribution in [2.24, 2.45) is 0 Å². The molecule has 0 radical (unpaired) electrons. The van der Waals surface area contributed by atoms with Crippen molar-refractivity contribution in [1.82, 2.24) is 16.0 Å². The Morgan fingerprint density at radius 2 is 1.57 bits per heavy atom. The monoisotopic (exact) mass is 821 g/mol. The molecular formula is C38H67N3O14S. The van der Waals surface area contributed by atoms with Crippen LogP contribution in [-0.2, 0) is 62.3 Å². The van der Waals surface area contributed by atoms with E-state index in [2.05, 4.69) is 16.0 Å². The zero-order chi connectivity index (χ0) is 42.2. The molecule has 56 heavy (non-hydrogen) atoms. The third-order valence-corrected chi connectivity index (χ3v) is 8.10. The number of esters is 1. The molecule has 7 N–H and O–H groups in total. The standard InChI is InChI=1S/C31H47N3O11S.C3H6O2.C2H6.CH4O.CH4/c1-3-28(38)32-13-7-4-5-10-29(39)34-27(20-46(41)42)31(40)33-14-8-6-9-22-15-25(12-11-23(22)19-43-21(2)36)44-30-17-24(37)16-26(18-35)45-30;1-2-3(4)5;2*1-2;/h11-12,15,18,24,26-27,30,37H,3-10,13-14,16-17,19-20H2,1-2H3,(H,32,38)(H,33,40)(H,34,39)(H,41,42);2H2,1H3,(H,4,5);1-2H3;2H,1H3;1H4. The number of aldehydes is 1. The quantitative estimate of drug-likeness (QED) is 0.0384. The van der Waals surface area contributed by atoms with E-state index < -0.39 is 65.1 Å². The highest BCUT2D eigenvalue weighted by Crippen LogP contribution is 2.26. The molecule has 0 spiro atoms. The Balaban J connectivity index is -0.00000255. The Labute approximate surface area is 334 Å². The number of rotatable bonds is 22. The van der Waals surface area contributed by atoms with E-state index in [0.717, 1.165) is 18.2 Å². The molecule has 0 saturated carbocycles. The molecule has 1 aromatic rings. The van der Waals surface area contributed by atoms with Gasteiger partial charge in [0.05, 0.1) is 11.9 Å². The van der Waals surface area contributed by atoms with E-state index in [4.69, 9.17) is 24.4 Å². The SMILES string of the molecule is C.CC.CCC(=O)NCCCCCC(=O)NC(CS(=O)O)C(=O)NCCCCc1cc(OC2CC(O)CC(C=O)O2)ccc1COC(C)=O.CCC(=O)O.CO. The van der Waals surface area contributed by atoms with E-state index in [1.54, 1.807) is 32.0 Å². The number of aryl methyl sites for hydroxylation is 1. The number of aliphatic hydroxyl groups excluding tert-OH is 2. The summed E-state index contributed by atoms with van der Waals surface area (Å²) >= 11 is -2.30. The zero-order valence-electron chi connectivity index (χ0n) is 33.0. The van der Waals surface area contributed by atoms with E-state index in [9.17, 15) is 42.6 Å². The fourth-order valence-electron chi connectivity index (χ4n) is 4.74. The summed E-state index contributed by atoms with van der Waals surface area (Å²) in [4.78, 5) is 68.3. The minimum absolute atomic E-state index is 0. The van der Waals surface area contributed by atoms with Crippen molar-refractivity contribution in [2.75, 3.05) is 26.0 Å². The van der Waals surface area contributed by atoms with Crippen LogP contribution in [0.15, 0.2) is 18.2 Å². The number of carboxylic acid groups (broad SMARTS) is 1. The van der Waals surface area contributed by atoms with Crippen LogP contribution >= 0.6 is 0 Å². The first kappa shape index (κ1) is 56.4. The third kappa shape index (κ3) is 28.4. The van der Waals surface area contributed by atoms with E-state index in [-0.39, 0.29) is 52.2 Å². The number of carbonyl (C=O) groups excluding carboxylic acids is 5. The molecule has 17 nitrogen and oxygen atoms in total. The lowest BCUT2D eigenvalue weighted by Gasteiger charge is -2.30. The Morgan fingerprint density at radius 1 is 0.946 bits per heavy atom. The van der Waals surface area contributed by atoms with E-state index >= 15 is 0 Å². The van der Waals surface area contributed by atoms with Gasteiger partial charge in [0.25, 0.3) is 0 Å². The highest BCUT2D eigenvalue weighted by Gasteiger charge is 2.29. The summed E-state index contributed by atoms with van der Waals surface area (Å²) in [6.07, 6.45) is 3.20. The number of aliphatic carboxylic acids is 1. The first-order chi connectivity index (χ1) is 26.3. The molecule has 18 heteroatoms. The number of ether oxygens (including phenoxy) is 3. The van der Waals surface area contributed by atoms with Crippen molar-refractivity contribution in [2.45, 2.75) is 144 Å². The lowest BCUT2D eigenvalue weighted by molar-refractivity contribution is -0.176. The molecule has 1 aromatic carbocycles. The molecule has 3 amide bonds. The lowest BCUT2D eigenvalue weighted by atomic mass is 10.0. The zero-order valence-corrected chi connectivity index (χ0v) is 33.8. The van der Waals surface area contributed by atoms with Gasteiger partial charge in [-0.05, 0) is 55.4 Å². The number of amides is 3. The molecule has 0 aromatic heterocycles. The molecule has 5 unspecified atom stereocenters. The van der Waals surface area contributed by atoms with Crippen LogP contribution in [0.4, 0.5) is 0 Å². The summed E-state index contributed by atoms with van der Waals surface area (Å²) in [5.41, 5.74) is 1.60. The molecule has 1 aliphatic heterocycles. The molecule has 324 valence electrons. The predicted molar refractivity (Wildman–Crippen MR) is 212 cm³/mol. The third-order valence-electron chi connectivity index (χ3n) is 7.48. The summed E-state index contributed by atoms with van der Waals surface area (Å²) in [6.45, 7) is 9.52. The maximum atomic E-state index is 12.7. The largest absolute Gasteiger partial charge is 0.481 e. The van der Waals surface area contributed by atoms with Crippen LogP contribution in [0.25, 0.3) is 0 Å². The second kappa shape index (κ2) is 35.4. The molecule has 1 aliphatic rings. The van der Waals surface area contributed by atoms with E-state index in [1.165, 1.54) is 6.92 Å². The Bertz CT molecular complexity index is 1300. The predicted octanol–water partition coefficient (Wildman–Crippen LogP) is 3.18. The lowest BCUT2D eigenvalue weighted by Crippen LogP contribution is -2.49. The maximum absolute atomic E-state index is 12.7. The Kier molecular flexibility index (Phi) is 35.7. The molecule has 0 bridgehead atoms. The number of nitrogens with one attached hydrogen (secondary N) is 3. The molecular weight excluding hydrogens is 754 g/mol. The molecule has 1 fully saturated rings. The first-order valence-electron chi connectivity index (χ1n) is 18.6. The van der Waals surface area contributed by atoms with Crippen LogP contribution < -0.4 is 20.7 Å². The summed E-state index contributed by atoms with van der Waals surface area (Å²) in [5, 5.41) is 32.8. The maximum Gasteiger partial charge on any atom is 0.303 e. The number of hydrogen-bond acceptors (Lipinski definition) is 12. The van der Waals surface area contributed by atoms with Crippen LogP contribution in [-0.4, -0.2) is 111 Å². The fourth-order valence-corrected chi connectivity index (χ4v) is 5.26. The molecule has 1 heterocycles. The number of unbranched alkanes of at least 4 members (excludes halogenated alkanes) is 3. The van der Waals surface area contributed by atoms with E-state index in [1.807, 2.05) is 13.8 Å². The normalized spacial score (nSPS) is 16.4. The van der Waals surface area contributed by atoms with Crippen molar-refractivity contribution in [3.05, 3.63) is 29.3 Å². The van der Waals surface area contributed by atoms with Gasteiger partial charge in [-0.3, -0.25) is 24.0 Å². The number of carbonyl (C=O) groups is 6. The minimum atomic E-state index is -2.30. The van der Waals surface area contributed by atoms with Gasteiger partial charge in [0.15, 0.2) is 11.1 Å². The van der Waals surface area contributed by atoms with Crippen LogP contribution in [0, 0.1) is 0 Å². The highest BCUT2D eigenvalue weighted by molar-refractivity contribution is 7.79. The number of hydrogen-bond donors (Lipinski definition) is 7. The van der Waals surface area contributed by atoms with Crippen LogP contribution in [0.1, 0.15) is 117 Å². The molecule has 1 saturated heterocycles. The van der Waals surface area contributed by atoms with Gasteiger partial charge < -0.3 is 54.8 Å². The smallest absolute Gasteiger partial charge is 0.303 e. The first-order valence-corrected chi connectivity index (χ1v) is 19.8. The van der Waals surface area contributed by atoms with Crippen molar-refractivity contribution in [1.29, 1.82) is 0 Å². The summed E-state index contributed by atoms with van der Waals surface area (Å²) in [7, 11) is 1.00. The van der Waals surface area contributed by atoms with Crippen molar-refractivity contribution in [3.63, 3.8) is 0 Å². The Morgan fingerprint density at radius 3 is 2.14 bits per heavy atom. The summed E-state index contributed by atoms with van der Waals surface area (Å²) < 4.78 is 37.4. The van der Waals surface area contributed by atoms with Gasteiger partial charge in [0.2, 0.25) is 24.0 Å². The molecule has 2 rings (SSSR count). The average molecular weight is 822 g/mol. The second-order valence-electron chi connectivity index (χ2n) is 11.8. The van der Waals surface area contributed by atoms with Gasteiger partial charge in [-0.25, -0.2) is 4.21 Å². The summed E-state index contributed by atoms with van der Waals surface area (Å²) in [6, 6.07) is 4.07. The second-order valence-corrected chi connectivity index (χ2v) is 12.8. The van der Waals surface area contributed by atoms with Gasteiger partial charge in [-0.15, -0.1) is 0 Å². The summed E-state index contributed by atoms with van der Waals surface area (Å²) in [5.74, 6) is -2.16. The van der Waals surface area contributed by atoms with Crippen molar-refractivity contribution in [3.8, 4) is 5.75 Å². The number of carboxylic acids is 1. The molecule has 0 aliphatic carbocycles. The topological polar surface area (TPSA) is 264 Å².